The summed E-state index contributed by atoms with van der Waals surface area (Å²) in [5.74, 6) is 1.43. The lowest BCUT2D eigenvalue weighted by Crippen LogP contribution is -2.43. The van der Waals surface area contributed by atoms with E-state index in [2.05, 4.69) is 9.97 Å². The molecule has 1 saturated heterocycles. The van der Waals surface area contributed by atoms with E-state index in [1.54, 1.807) is 6.92 Å². The largest absolute Gasteiger partial charge is 0.472 e. The van der Waals surface area contributed by atoms with Crippen LogP contribution in [0.1, 0.15) is 31.3 Å². The highest BCUT2D eigenvalue weighted by Gasteiger charge is 2.23. The number of rotatable bonds is 2. The quantitative estimate of drug-likeness (QED) is 0.796. The van der Waals surface area contributed by atoms with E-state index in [-0.39, 0.29) is 12.0 Å². The normalized spacial score (nSPS) is 19.7. The number of carbonyl (C=O) groups is 1. The third kappa shape index (κ3) is 3.18. The zero-order valence-electron chi connectivity index (χ0n) is 11.1. The Balaban J connectivity index is 2.02. The Hall–Kier alpha value is -1.65. The summed E-state index contributed by atoms with van der Waals surface area (Å²) in [6.07, 6.45) is 1.98. The molecule has 1 aromatic heterocycles. The topological polar surface area (TPSA) is 55.3 Å². The standard InChI is InChI=1S/C13H19N3O2/c1-9-7-13(15-10(2)14-9)18-12-5-4-6-16(8-12)11(3)17/h7,12H,4-6,8H2,1-3H3/t12-/m0/s1. The van der Waals surface area contributed by atoms with Crippen LogP contribution >= 0.6 is 0 Å². The summed E-state index contributed by atoms with van der Waals surface area (Å²) in [6, 6.07) is 1.83. The van der Waals surface area contributed by atoms with Crippen molar-refractivity contribution in [3.05, 3.63) is 17.6 Å². The van der Waals surface area contributed by atoms with Crippen molar-refractivity contribution >= 4 is 5.91 Å². The monoisotopic (exact) mass is 249 g/mol. The van der Waals surface area contributed by atoms with Gasteiger partial charge in [-0.1, -0.05) is 0 Å². The molecule has 0 radical (unpaired) electrons. The fraction of sp³-hybridized carbons (Fsp3) is 0.615. The number of aromatic nitrogens is 2. The van der Waals surface area contributed by atoms with Crippen molar-refractivity contribution < 1.29 is 9.53 Å². The first kappa shape index (κ1) is 12.8. The highest BCUT2D eigenvalue weighted by Crippen LogP contribution is 2.17. The second kappa shape index (κ2) is 5.33. The predicted molar refractivity (Wildman–Crippen MR) is 67.4 cm³/mol. The number of nitrogens with zero attached hydrogens (tertiary/aromatic N) is 3. The molecule has 0 aromatic carbocycles. The van der Waals surface area contributed by atoms with Gasteiger partial charge in [-0.3, -0.25) is 4.79 Å². The highest BCUT2D eigenvalue weighted by atomic mass is 16.5. The molecule has 18 heavy (non-hydrogen) atoms. The molecule has 0 bridgehead atoms. The highest BCUT2D eigenvalue weighted by molar-refractivity contribution is 5.73. The average Bonchev–Trinajstić information content (AvgIpc) is 2.27. The number of likely N-dealkylation sites (tertiary alicyclic amines) is 1. The summed E-state index contributed by atoms with van der Waals surface area (Å²) in [7, 11) is 0. The van der Waals surface area contributed by atoms with Gasteiger partial charge in [0.25, 0.3) is 0 Å². The molecule has 0 aliphatic carbocycles. The van der Waals surface area contributed by atoms with Gasteiger partial charge in [-0.15, -0.1) is 0 Å². The second-order valence-corrected chi connectivity index (χ2v) is 4.74. The van der Waals surface area contributed by atoms with Crippen LogP contribution in [-0.4, -0.2) is 40.0 Å². The molecule has 1 aliphatic rings. The average molecular weight is 249 g/mol. The summed E-state index contributed by atoms with van der Waals surface area (Å²) < 4.78 is 5.85. The van der Waals surface area contributed by atoms with E-state index in [0.29, 0.717) is 18.2 Å². The van der Waals surface area contributed by atoms with Crippen LogP contribution in [-0.2, 0) is 4.79 Å². The van der Waals surface area contributed by atoms with Gasteiger partial charge in [0.1, 0.15) is 11.9 Å². The van der Waals surface area contributed by atoms with Gasteiger partial charge in [0.15, 0.2) is 0 Å². The molecule has 1 amide bonds. The molecule has 1 aromatic rings. The molecule has 0 unspecified atom stereocenters. The summed E-state index contributed by atoms with van der Waals surface area (Å²) >= 11 is 0. The Labute approximate surface area is 107 Å². The molecule has 5 nitrogen and oxygen atoms in total. The second-order valence-electron chi connectivity index (χ2n) is 4.74. The molecular weight excluding hydrogens is 230 g/mol. The van der Waals surface area contributed by atoms with E-state index in [0.717, 1.165) is 25.1 Å². The lowest BCUT2D eigenvalue weighted by molar-refractivity contribution is -0.131. The van der Waals surface area contributed by atoms with Gasteiger partial charge in [-0.2, -0.15) is 4.98 Å². The van der Waals surface area contributed by atoms with Gasteiger partial charge in [0.2, 0.25) is 11.8 Å². The van der Waals surface area contributed by atoms with Gasteiger partial charge in [-0.05, 0) is 26.7 Å². The minimum atomic E-state index is 0.0383. The first-order valence-corrected chi connectivity index (χ1v) is 6.29. The number of hydrogen-bond acceptors (Lipinski definition) is 4. The maximum absolute atomic E-state index is 11.3. The van der Waals surface area contributed by atoms with Crippen molar-refractivity contribution in [3.8, 4) is 5.88 Å². The summed E-state index contributed by atoms with van der Waals surface area (Å²) in [5, 5.41) is 0. The Morgan fingerprint density at radius 3 is 2.89 bits per heavy atom. The Kier molecular flexibility index (Phi) is 3.79. The van der Waals surface area contributed by atoms with E-state index >= 15 is 0 Å². The summed E-state index contributed by atoms with van der Waals surface area (Å²) in [4.78, 5) is 21.7. The number of aryl methyl sites for hydroxylation is 2. The first-order chi connectivity index (χ1) is 8.54. The van der Waals surface area contributed by atoms with Gasteiger partial charge in [0.05, 0.1) is 6.54 Å². The number of carbonyl (C=O) groups excluding carboxylic acids is 1. The molecule has 2 rings (SSSR count). The number of hydrogen-bond donors (Lipinski definition) is 0. The lowest BCUT2D eigenvalue weighted by Gasteiger charge is -2.31. The van der Waals surface area contributed by atoms with Crippen molar-refractivity contribution in [1.29, 1.82) is 0 Å². The number of amides is 1. The molecule has 0 spiro atoms. The fourth-order valence-electron chi connectivity index (χ4n) is 2.23. The van der Waals surface area contributed by atoms with E-state index in [9.17, 15) is 4.79 Å². The zero-order valence-corrected chi connectivity index (χ0v) is 11.1. The molecule has 98 valence electrons. The summed E-state index contributed by atoms with van der Waals surface area (Å²) in [5.41, 5.74) is 0.900. The molecule has 1 aliphatic heterocycles. The third-order valence-corrected chi connectivity index (χ3v) is 3.05. The van der Waals surface area contributed by atoms with Crippen molar-refractivity contribution in [2.75, 3.05) is 13.1 Å². The molecule has 1 atom stereocenters. The number of ether oxygens (including phenoxy) is 1. The van der Waals surface area contributed by atoms with Crippen LogP contribution in [0.4, 0.5) is 0 Å². The van der Waals surface area contributed by atoms with Gasteiger partial charge < -0.3 is 9.64 Å². The van der Waals surface area contributed by atoms with Crippen molar-refractivity contribution in [2.24, 2.45) is 0 Å². The van der Waals surface area contributed by atoms with Crippen molar-refractivity contribution in [1.82, 2.24) is 14.9 Å². The van der Waals surface area contributed by atoms with E-state index in [1.165, 1.54) is 0 Å². The SMILES string of the molecule is CC(=O)N1CCC[C@H](Oc2cc(C)nc(C)n2)C1. The maximum atomic E-state index is 11.3. The van der Waals surface area contributed by atoms with Crippen LogP contribution in [0, 0.1) is 13.8 Å². The number of piperidine rings is 1. The van der Waals surface area contributed by atoms with Crippen LogP contribution in [0.3, 0.4) is 0 Å². The van der Waals surface area contributed by atoms with E-state index in [4.69, 9.17) is 4.74 Å². The molecule has 1 fully saturated rings. The van der Waals surface area contributed by atoms with Crippen molar-refractivity contribution in [3.63, 3.8) is 0 Å². The Morgan fingerprint density at radius 2 is 2.22 bits per heavy atom. The van der Waals surface area contributed by atoms with E-state index in [1.807, 2.05) is 24.8 Å². The zero-order chi connectivity index (χ0) is 13.1. The smallest absolute Gasteiger partial charge is 0.219 e. The Bertz CT molecular complexity index is 428. The third-order valence-electron chi connectivity index (χ3n) is 3.05. The molecule has 2 heterocycles. The van der Waals surface area contributed by atoms with Crippen LogP contribution < -0.4 is 4.74 Å². The maximum Gasteiger partial charge on any atom is 0.219 e. The molecule has 0 saturated carbocycles. The van der Waals surface area contributed by atoms with Crippen LogP contribution in [0.2, 0.25) is 0 Å². The van der Waals surface area contributed by atoms with Crippen molar-refractivity contribution in [2.45, 2.75) is 39.7 Å². The van der Waals surface area contributed by atoms with Gasteiger partial charge >= 0.3 is 0 Å². The van der Waals surface area contributed by atoms with Gasteiger partial charge in [0, 0.05) is 25.2 Å². The van der Waals surface area contributed by atoms with Crippen LogP contribution in [0.15, 0.2) is 6.07 Å². The Morgan fingerprint density at radius 1 is 1.44 bits per heavy atom. The lowest BCUT2D eigenvalue weighted by atomic mass is 10.1. The predicted octanol–water partition coefficient (Wildman–Crippen LogP) is 1.48. The molecule has 5 heteroatoms. The minimum absolute atomic E-state index is 0.0383. The first-order valence-electron chi connectivity index (χ1n) is 6.29. The van der Waals surface area contributed by atoms with Gasteiger partial charge in [-0.25, -0.2) is 4.98 Å². The molecular formula is C13H19N3O2. The minimum Gasteiger partial charge on any atom is -0.472 e. The summed E-state index contributed by atoms with van der Waals surface area (Å²) in [6.45, 7) is 6.85. The molecule has 0 N–H and O–H groups in total. The van der Waals surface area contributed by atoms with Crippen LogP contribution in [0.5, 0.6) is 5.88 Å². The van der Waals surface area contributed by atoms with E-state index < -0.39 is 0 Å². The fourth-order valence-corrected chi connectivity index (χ4v) is 2.23. The van der Waals surface area contributed by atoms with Crippen LogP contribution in [0.25, 0.3) is 0 Å².